The number of hydrogen-bond acceptors (Lipinski definition) is 4. The molecule has 0 saturated carbocycles. The molecular formula is C12H16O4. The molecule has 0 amide bonds. The number of rotatable bonds is 5. The van der Waals surface area contributed by atoms with Crippen LogP contribution in [0.5, 0.6) is 11.5 Å². The molecule has 16 heavy (non-hydrogen) atoms. The summed E-state index contributed by atoms with van der Waals surface area (Å²) in [4.78, 5) is 0. The van der Waals surface area contributed by atoms with Gasteiger partial charge in [0, 0.05) is 7.11 Å². The Bertz CT molecular complexity index is 351. The first kappa shape index (κ1) is 11.2. The van der Waals surface area contributed by atoms with Crippen molar-refractivity contribution >= 4 is 0 Å². The molecule has 2 rings (SSSR count). The van der Waals surface area contributed by atoms with E-state index in [9.17, 15) is 0 Å². The Kier molecular flexibility index (Phi) is 3.64. The third kappa shape index (κ3) is 2.46. The van der Waals surface area contributed by atoms with Gasteiger partial charge in [-0.25, -0.2) is 0 Å². The second-order valence-electron chi connectivity index (χ2n) is 3.62. The molecule has 4 heteroatoms. The molecule has 0 N–H and O–H groups in total. The van der Waals surface area contributed by atoms with Gasteiger partial charge in [-0.15, -0.1) is 0 Å². The zero-order chi connectivity index (χ0) is 11.4. The van der Waals surface area contributed by atoms with Crippen LogP contribution in [-0.2, 0) is 9.47 Å². The van der Waals surface area contributed by atoms with Gasteiger partial charge in [0.15, 0.2) is 11.5 Å². The van der Waals surface area contributed by atoms with Gasteiger partial charge in [-0.05, 0) is 24.6 Å². The molecule has 1 heterocycles. The molecule has 0 aromatic heterocycles. The lowest BCUT2D eigenvalue weighted by Crippen LogP contribution is -2.06. The Morgan fingerprint density at radius 1 is 1.25 bits per heavy atom. The van der Waals surface area contributed by atoms with Gasteiger partial charge in [0.25, 0.3) is 0 Å². The lowest BCUT2D eigenvalue weighted by Gasteiger charge is -2.13. The van der Waals surface area contributed by atoms with Crippen molar-refractivity contribution in [3.8, 4) is 11.5 Å². The fraction of sp³-hybridized carbons (Fsp3) is 0.500. The van der Waals surface area contributed by atoms with E-state index < -0.39 is 0 Å². The fourth-order valence-electron chi connectivity index (χ4n) is 1.57. The molecule has 1 aliphatic heterocycles. The first-order chi connectivity index (χ1) is 7.81. The van der Waals surface area contributed by atoms with Crippen molar-refractivity contribution in [2.24, 2.45) is 0 Å². The molecule has 0 fully saturated rings. The Labute approximate surface area is 95.1 Å². The van der Waals surface area contributed by atoms with Gasteiger partial charge in [-0.1, -0.05) is 6.07 Å². The minimum absolute atomic E-state index is 0.0321. The smallest absolute Gasteiger partial charge is 0.231 e. The van der Waals surface area contributed by atoms with Crippen LogP contribution in [-0.4, -0.2) is 27.1 Å². The first-order valence-corrected chi connectivity index (χ1v) is 5.31. The highest BCUT2D eigenvalue weighted by Gasteiger charge is 2.15. The van der Waals surface area contributed by atoms with Gasteiger partial charge in [0.05, 0.1) is 19.3 Å². The average molecular weight is 224 g/mol. The molecule has 0 spiro atoms. The summed E-state index contributed by atoms with van der Waals surface area (Å²) in [5.41, 5.74) is 1.08. The standard InChI is InChI=1S/C12H16O4/c1-9(14-6-5-13-2)10-3-4-11-12(7-10)16-8-15-11/h3-4,7,9H,5-6,8H2,1-2H3. The third-order valence-electron chi connectivity index (χ3n) is 2.52. The van der Waals surface area contributed by atoms with E-state index in [0.717, 1.165) is 17.1 Å². The highest BCUT2D eigenvalue weighted by Crippen LogP contribution is 2.34. The molecule has 0 aliphatic carbocycles. The predicted molar refractivity (Wildman–Crippen MR) is 58.8 cm³/mol. The quantitative estimate of drug-likeness (QED) is 0.718. The number of methoxy groups -OCH3 is 1. The van der Waals surface area contributed by atoms with E-state index in [1.807, 2.05) is 25.1 Å². The van der Waals surface area contributed by atoms with Crippen LogP contribution in [0.4, 0.5) is 0 Å². The van der Waals surface area contributed by atoms with Gasteiger partial charge in [-0.2, -0.15) is 0 Å². The normalized spacial score (nSPS) is 15.1. The van der Waals surface area contributed by atoms with E-state index in [2.05, 4.69) is 0 Å². The van der Waals surface area contributed by atoms with Crippen LogP contribution >= 0.6 is 0 Å². The van der Waals surface area contributed by atoms with Gasteiger partial charge in [-0.3, -0.25) is 0 Å². The Morgan fingerprint density at radius 2 is 2.06 bits per heavy atom. The maximum absolute atomic E-state index is 5.61. The first-order valence-electron chi connectivity index (χ1n) is 5.31. The summed E-state index contributed by atoms with van der Waals surface area (Å²) in [6.45, 7) is 3.51. The van der Waals surface area contributed by atoms with Crippen LogP contribution in [0.25, 0.3) is 0 Å². The summed E-state index contributed by atoms with van der Waals surface area (Å²) in [5.74, 6) is 1.59. The van der Waals surface area contributed by atoms with Crippen molar-refractivity contribution in [2.45, 2.75) is 13.0 Å². The number of hydrogen-bond donors (Lipinski definition) is 0. The summed E-state index contributed by atoms with van der Waals surface area (Å²) in [7, 11) is 1.66. The largest absolute Gasteiger partial charge is 0.454 e. The summed E-state index contributed by atoms with van der Waals surface area (Å²) < 4.78 is 21.1. The van der Waals surface area contributed by atoms with E-state index in [-0.39, 0.29) is 6.10 Å². The van der Waals surface area contributed by atoms with Crippen molar-refractivity contribution in [1.82, 2.24) is 0 Å². The second kappa shape index (κ2) is 5.18. The Hall–Kier alpha value is -1.26. The van der Waals surface area contributed by atoms with Crippen molar-refractivity contribution in [1.29, 1.82) is 0 Å². The molecule has 1 aromatic carbocycles. The highest BCUT2D eigenvalue weighted by molar-refractivity contribution is 5.44. The zero-order valence-electron chi connectivity index (χ0n) is 9.56. The van der Waals surface area contributed by atoms with Crippen LogP contribution in [0.1, 0.15) is 18.6 Å². The Morgan fingerprint density at radius 3 is 2.88 bits per heavy atom. The third-order valence-corrected chi connectivity index (χ3v) is 2.52. The molecule has 0 saturated heterocycles. The molecule has 1 atom stereocenters. The van der Waals surface area contributed by atoms with Crippen LogP contribution in [0.2, 0.25) is 0 Å². The fourth-order valence-corrected chi connectivity index (χ4v) is 1.57. The summed E-state index contributed by atoms with van der Waals surface area (Å²) in [6.07, 6.45) is 0.0321. The highest BCUT2D eigenvalue weighted by atomic mass is 16.7. The maximum atomic E-state index is 5.61. The SMILES string of the molecule is COCCOC(C)c1ccc2c(c1)OCO2. The van der Waals surface area contributed by atoms with E-state index in [0.29, 0.717) is 20.0 Å². The van der Waals surface area contributed by atoms with Crippen molar-refractivity contribution in [3.05, 3.63) is 23.8 Å². The number of benzene rings is 1. The van der Waals surface area contributed by atoms with Crippen molar-refractivity contribution < 1.29 is 18.9 Å². The van der Waals surface area contributed by atoms with Gasteiger partial charge in [0.1, 0.15) is 0 Å². The summed E-state index contributed by atoms with van der Waals surface area (Å²) >= 11 is 0. The minimum atomic E-state index is 0.0321. The lowest BCUT2D eigenvalue weighted by atomic mass is 10.1. The topological polar surface area (TPSA) is 36.9 Å². The monoisotopic (exact) mass is 224 g/mol. The van der Waals surface area contributed by atoms with E-state index in [1.54, 1.807) is 7.11 Å². The Balaban J connectivity index is 1.98. The van der Waals surface area contributed by atoms with Gasteiger partial charge < -0.3 is 18.9 Å². The molecule has 1 unspecified atom stereocenters. The second-order valence-corrected chi connectivity index (χ2v) is 3.62. The van der Waals surface area contributed by atoms with Gasteiger partial charge in [0.2, 0.25) is 6.79 Å². The molecule has 1 aromatic rings. The maximum Gasteiger partial charge on any atom is 0.231 e. The molecule has 1 aliphatic rings. The zero-order valence-corrected chi connectivity index (χ0v) is 9.56. The van der Waals surface area contributed by atoms with Crippen LogP contribution in [0, 0.1) is 0 Å². The van der Waals surface area contributed by atoms with E-state index >= 15 is 0 Å². The predicted octanol–water partition coefficient (Wildman–Crippen LogP) is 2.14. The van der Waals surface area contributed by atoms with Crippen molar-refractivity contribution in [3.63, 3.8) is 0 Å². The average Bonchev–Trinajstić information content (AvgIpc) is 2.76. The summed E-state index contributed by atoms with van der Waals surface area (Å²) in [5, 5.41) is 0. The molecule has 88 valence electrons. The van der Waals surface area contributed by atoms with Crippen LogP contribution in [0.3, 0.4) is 0 Å². The summed E-state index contributed by atoms with van der Waals surface area (Å²) in [6, 6.07) is 5.86. The van der Waals surface area contributed by atoms with Gasteiger partial charge >= 0.3 is 0 Å². The molecule has 4 nitrogen and oxygen atoms in total. The van der Waals surface area contributed by atoms with Crippen LogP contribution < -0.4 is 9.47 Å². The van der Waals surface area contributed by atoms with Crippen LogP contribution in [0.15, 0.2) is 18.2 Å². The van der Waals surface area contributed by atoms with Crippen molar-refractivity contribution in [2.75, 3.05) is 27.1 Å². The molecular weight excluding hydrogens is 208 g/mol. The molecule has 0 bridgehead atoms. The number of fused-ring (bicyclic) bond motifs is 1. The number of ether oxygens (including phenoxy) is 4. The minimum Gasteiger partial charge on any atom is -0.454 e. The lowest BCUT2D eigenvalue weighted by molar-refractivity contribution is 0.0255. The molecule has 0 radical (unpaired) electrons. The van der Waals surface area contributed by atoms with E-state index in [1.165, 1.54) is 0 Å². The van der Waals surface area contributed by atoms with E-state index in [4.69, 9.17) is 18.9 Å².